The van der Waals surface area contributed by atoms with E-state index in [1.807, 2.05) is 26.0 Å². The Labute approximate surface area is 218 Å². The minimum Gasteiger partial charge on any atom is -0.384 e. The summed E-state index contributed by atoms with van der Waals surface area (Å²) >= 11 is 6.47. The van der Waals surface area contributed by atoms with Gasteiger partial charge in [0.15, 0.2) is 11.6 Å². The molecule has 1 fully saturated rings. The standard InChI is InChI=1S/C26H26ClFN6O3/c1-14-18(6-4-7-19(14)27)26(3)13-34(22-20(28)8-5-9-29-22)24(37)17-10-30-25(32-21(17)26)31-16-11-33(12-16)23(36)15(2)35/h4-10,15-16,35H,11-13H2,1-3H3,(H,30,31,32)/t15-,26+/m0/s1. The molecule has 0 saturated carbocycles. The van der Waals surface area contributed by atoms with Gasteiger partial charge in [0.1, 0.15) is 6.10 Å². The second-order valence-electron chi connectivity index (χ2n) is 9.66. The fraction of sp³-hybridized carbons (Fsp3) is 0.346. The van der Waals surface area contributed by atoms with Crippen LogP contribution in [0.15, 0.2) is 42.7 Å². The molecule has 2 aromatic heterocycles. The van der Waals surface area contributed by atoms with E-state index < -0.39 is 23.2 Å². The van der Waals surface area contributed by atoms with Crippen molar-refractivity contribution in [3.63, 3.8) is 0 Å². The maximum Gasteiger partial charge on any atom is 0.263 e. The Bertz CT molecular complexity index is 1400. The third-order valence-electron chi connectivity index (χ3n) is 7.00. The van der Waals surface area contributed by atoms with Crippen molar-refractivity contribution in [2.75, 3.05) is 29.9 Å². The van der Waals surface area contributed by atoms with Crippen LogP contribution in [0, 0.1) is 12.7 Å². The number of rotatable bonds is 5. The summed E-state index contributed by atoms with van der Waals surface area (Å²) in [4.78, 5) is 41.6. The normalized spacial score (nSPS) is 20.3. The Kier molecular flexibility index (Phi) is 6.33. The molecule has 1 saturated heterocycles. The van der Waals surface area contributed by atoms with Crippen molar-refractivity contribution in [2.24, 2.45) is 0 Å². The van der Waals surface area contributed by atoms with E-state index in [4.69, 9.17) is 16.6 Å². The van der Waals surface area contributed by atoms with Gasteiger partial charge in [-0.15, -0.1) is 0 Å². The van der Waals surface area contributed by atoms with Gasteiger partial charge in [-0.3, -0.25) is 14.5 Å². The van der Waals surface area contributed by atoms with Crippen LogP contribution < -0.4 is 10.2 Å². The highest BCUT2D eigenvalue weighted by molar-refractivity contribution is 6.31. The molecule has 5 rings (SSSR count). The number of hydrogen-bond acceptors (Lipinski definition) is 7. The number of halogens is 2. The van der Waals surface area contributed by atoms with Gasteiger partial charge in [0, 0.05) is 37.1 Å². The Morgan fingerprint density at radius 3 is 2.73 bits per heavy atom. The maximum atomic E-state index is 14.8. The summed E-state index contributed by atoms with van der Waals surface area (Å²) in [5.41, 5.74) is 1.53. The van der Waals surface area contributed by atoms with E-state index in [9.17, 15) is 19.1 Å². The van der Waals surface area contributed by atoms with Gasteiger partial charge in [0.05, 0.1) is 22.7 Å². The number of aliphatic hydroxyl groups excluding tert-OH is 1. The van der Waals surface area contributed by atoms with Gasteiger partial charge < -0.3 is 15.3 Å². The molecule has 37 heavy (non-hydrogen) atoms. The Hall–Kier alpha value is -3.63. The summed E-state index contributed by atoms with van der Waals surface area (Å²) in [5.74, 6) is -1.15. The lowest BCUT2D eigenvalue weighted by atomic mass is 9.73. The van der Waals surface area contributed by atoms with Gasteiger partial charge in [-0.2, -0.15) is 0 Å². The van der Waals surface area contributed by atoms with Crippen molar-refractivity contribution < 1.29 is 19.1 Å². The van der Waals surface area contributed by atoms with Crippen LogP contribution in [-0.2, 0) is 10.2 Å². The number of carbonyl (C=O) groups is 2. The van der Waals surface area contributed by atoms with Crippen LogP contribution in [0.4, 0.5) is 16.2 Å². The molecule has 0 aliphatic carbocycles. The number of aromatic nitrogens is 3. The van der Waals surface area contributed by atoms with Gasteiger partial charge in [-0.05, 0) is 50.1 Å². The van der Waals surface area contributed by atoms with Crippen LogP contribution >= 0.6 is 11.6 Å². The minimum absolute atomic E-state index is 0.0661. The van der Waals surface area contributed by atoms with Crippen LogP contribution in [0.2, 0.25) is 5.02 Å². The number of likely N-dealkylation sites (tertiary alicyclic amines) is 1. The molecule has 2 atom stereocenters. The summed E-state index contributed by atoms with van der Waals surface area (Å²) in [6, 6.07) is 8.19. The number of nitrogens with one attached hydrogen (secondary N) is 1. The average Bonchev–Trinajstić information content (AvgIpc) is 2.85. The number of anilines is 2. The third-order valence-corrected chi connectivity index (χ3v) is 7.41. The molecule has 0 radical (unpaired) electrons. The quantitative estimate of drug-likeness (QED) is 0.528. The first-order chi connectivity index (χ1) is 17.6. The van der Waals surface area contributed by atoms with E-state index in [0.29, 0.717) is 29.8 Å². The van der Waals surface area contributed by atoms with Gasteiger partial charge in [-0.25, -0.2) is 19.3 Å². The Balaban J connectivity index is 1.55. The number of benzene rings is 1. The summed E-state index contributed by atoms with van der Waals surface area (Å²) in [6.45, 7) is 6.16. The maximum absolute atomic E-state index is 14.8. The molecule has 2 aliphatic rings. The summed E-state index contributed by atoms with van der Waals surface area (Å²) in [5, 5.41) is 13.3. The molecule has 2 N–H and O–H groups in total. The lowest BCUT2D eigenvalue weighted by Crippen LogP contribution is -2.59. The van der Waals surface area contributed by atoms with Gasteiger partial charge in [-0.1, -0.05) is 23.7 Å². The molecule has 2 amide bonds. The summed E-state index contributed by atoms with van der Waals surface area (Å²) in [6.07, 6.45) is 1.83. The molecule has 9 nitrogen and oxygen atoms in total. The SMILES string of the molecule is Cc1c(Cl)cccc1[C@@]1(C)CN(c2ncccc2F)C(=O)c2cnc(NC3CN(C(=O)[C@H](C)O)C3)nc21. The summed E-state index contributed by atoms with van der Waals surface area (Å²) in [7, 11) is 0. The van der Waals surface area contributed by atoms with E-state index in [0.717, 1.165) is 11.1 Å². The van der Waals surface area contributed by atoms with E-state index in [-0.39, 0.29) is 29.9 Å². The van der Waals surface area contributed by atoms with Crippen molar-refractivity contribution in [2.45, 2.75) is 38.3 Å². The van der Waals surface area contributed by atoms with Gasteiger partial charge >= 0.3 is 0 Å². The van der Waals surface area contributed by atoms with Crippen molar-refractivity contribution in [3.05, 3.63) is 75.9 Å². The fourth-order valence-corrected chi connectivity index (χ4v) is 5.17. The van der Waals surface area contributed by atoms with E-state index in [1.165, 1.54) is 36.4 Å². The minimum atomic E-state index is -1.06. The molecule has 11 heteroatoms. The number of carbonyl (C=O) groups excluding carboxylic acids is 2. The number of pyridine rings is 1. The highest BCUT2D eigenvalue weighted by Crippen LogP contribution is 2.42. The van der Waals surface area contributed by atoms with Crippen LogP contribution in [0.3, 0.4) is 0 Å². The number of amides is 2. The van der Waals surface area contributed by atoms with Crippen molar-refractivity contribution >= 4 is 35.2 Å². The highest BCUT2D eigenvalue weighted by atomic mass is 35.5. The van der Waals surface area contributed by atoms with E-state index in [2.05, 4.69) is 15.3 Å². The lowest BCUT2D eigenvalue weighted by molar-refractivity contribution is -0.143. The molecule has 0 spiro atoms. The van der Waals surface area contributed by atoms with Gasteiger partial charge in [0.25, 0.3) is 11.8 Å². The third kappa shape index (κ3) is 4.30. The molecule has 0 unspecified atom stereocenters. The molecule has 192 valence electrons. The predicted molar refractivity (Wildman–Crippen MR) is 136 cm³/mol. The first-order valence-corrected chi connectivity index (χ1v) is 12.3. The fourth-order valence-electron chi connectivity index (χ4n) is 5.00. The molecular formula is C26H26ClFN6O3. The molecule has 0 bridgehead atoms. The van der Waals surface area contributed by atoms with Crippen LogP contribution in [0.5, 0.6) is 0 Å². The Morgan fingerprint density at radius 1 is 1.27 bits per heavy atom. The monoisotopic (exact) mass is 524 g/mol. The summed E-state index contributed by atoms with van der Waals surface area (Å²) < 4.78 is 14.8. The number of fused-ring (bicyclic) bond motifs is 1. The van der Waals surface area contributed by atoms with Crippen LogP contribution in [0.1, 0.15) is 41.0 Å². The van der Waals surface area contributed by atoms with Crippen molar-refractivity contribution in [1.29, 1.82) is 0 Å². The topological polar surface area (TPSA) is 112 Å². The van der Waals surface area contributed by atoms with Gasteiger partial charge in [0.2, 0.25) is 5.95 Å². The molecule has 3 aromatic rings. The van der Waals surface area contributed by atoms with E-state index in [1.54, 1.807) is 11.0 Å². The zero-order chi connectivity index (χ0) is 26.5. The number of nitrogens with zero attached hydrogens (tertiary/aromatic N) is 5. The zero-order valence-corrected chi connectivity index (χ0v) is 21.3. The van der Waals surface area contributed by atoms with Crippen molar-refractivity contribution in [3.8, 4) is 0 Å². The largest absolute Gasteiger partial charge is 0.384 e. The van der Waals surface area contributed by atoms with Crippen molar-refractivity contribution in [1.82, 2.24) is 19.9 Å². The smallest absolute Gasteiger partial charge is 0.263 e. The van der Waals surface area contributed by atoms with Crippen LogP contribution in [0.25, 0.3) is 0 Å². The van der Waals surface area contributed by atoms with E-state index >= 15 is 0 Å². The average molecular weight is 525 g/mol. The number of aliphatic hydroxyl groups is 1. The molecule has 1 aromatic carbocycles. The van der Waals surface area contributed by atoms with Crippen LogP contribution in [-0.4, -0.2) is 68.6 Å². The predicted octanol–water partition coefficient (Wildman–Crippen LogP) is 2.94. The molecule has 2 aliphatic heterocycles. The number of hydrogen-bond donors (Lipinski definition) is 2. The zero-order valence-electron chi connectivity index (χ0n) is 20.6. The lowest BCUT2D eigenvalue weighted by Gasteiger charge is -2.42. The highest BCUT2D eigenvalue weighted by Gasteiger charge is 2.45. The first kappa shape index (κ1) is 25.0. The Morgan fingerprint density at radius 2 is 2.03 bits per heavy atom. The molecule has 4 heterocycles. The second kappa shape index (κ2) is 9.35. The second-order valence-corrected chi connectivity index (χ2v) is 10.1. The molecular weight excluding hydrogens is 499 g/mol. The first-order valence-electron chi connectivity index (χ1n) is 11.9.